The van der Waals surface area contributed by atoms with Crippen LogP contribution in [0.25, 0.3) is 0 Å². The van der Waals surface area contributed by atoms with Gasteiger partial charge in [0.05, 0.1) is 4.47 Å². The number of benzene rings is 1. The van der Waals surface area contributed by atoms with Crippen molar-refractivity contribution in [2.45, 2.75) is 18.8 Å². The lowest BCUT2D eigenvalue weighted by molar-refractivity contribution is 0.0505. The van der Waals surface area contributed by atoms with Gasteiger partial charge in [0.25, 0.3) is 0 Å². The van der Waals surface area contributed by atoms with Crippen LogP contribution >= 0.6 is 15.9 Å². The molecule has 0 radical (unpaired) electrons. The van der Waals surface area contributed by atoms with Gasteiger partial charge in [-0.05, 0) is 52.4 Å². The molecule has 0 unspecified atom stereocenters. The van der Waals surface area contributed by atoms with Gasteiger partial charge < -0.3 is 9.47 Å². The van der Waals surface area contributed by atoms with Crippen molar-refractivity contribution in [3.63, 3.8) is 0 Å². The molecule has 0 aliphatic heterocycles. The first-order valence-corrected chi connectivity index (χ1v) is 5.51. The molecular weight excluding hydrogens is 244 g/mol. The lowest BCUT2D eigenvalue weighted by Gasteiger charge is -2.08. The van der Waals surface area contributed by atoms with Gasteiger partial charge in [-0.15, -0.1) is 0 Å². The van der Waals surface area contributed by atoms with Crippen LogP contribution in [0.15, 0.2) is 22.7 Å². The Labute approximate surface area is 92.3 Å². The van der Waals surface area contributed by atoms with E-state index in [1.165, 1.54) is 18.4 Å². The molecular formula is C11H13BrO2. The summed E-state index contributed by atoms with van der Waals surface area (Å²) >= 11 is 3.45. The van der Waals surface area contributed by atoms with Gasteiger partial charge >= 0.3 is 0 Å². The molecule has 0 heterocycles. The summed E-state index contributed by atoms with van der Waals surface area (Å²) in [6.07, 6.45) is 2.62. The first kappa shape index (κ1) is 9.99. The van der Waals surface area contributed by atoms with E-state index in [9.17, 15) is 0 Å². The second-order valence-corrected chi connectivity index (χ2v) is 4.37. The van der Waals surface area contributed by atoms with Crippen LogP contribution in [0.4, 0.5) is 0 Å². The Morgan fingerprint density at radius 2 is 2.21 bits per heavy atom. The number of hydrogen-bond donors (Lipinski definition) is 0. The molecule has 0 atom stereocenters. The van der Waals surface area contributed by atoms with Gasteiger partial charge in [0.15, 0.2) is 6.79 Å². The molecule has 76 valence electrons. The van der Waals surface area contributed by atoms with Gasteiger partial charge in [0, 0.05) is 7.11 Å². The highest BCUT2D eigenvalue weighted by Crippen LogP contribution is 2.42. The molecule has 1 fully saturated rings. The lowest BCUT2D eigenvalue weighted by Crippen LogP contribution is -1.99. The molecule has 0 aromatic heterocycles. The second kappa shape index (κ2) is 4.32. The van der Waals surface area contributed by atoms with Crippen molar-refractivity contribution in [1.29, 1.82) is 0 Å². The van der Waals surface area contributed by atoms with Crippen LogP contribution < -0.4 is 4.74 Å². The minimum atomic E-state index is 0.298. The third kappa shape index (κ3) is 2.28. The van der Waals surface area contributed by atoms with Gasteiger partial charge in [-0.3, -0.25) is 0 Å². The SMILES string of the molecule is COCOc1cc(C2CC2)ccc1Br. The quantitative estimate of drug-likeness (QED) is 0.770. The van der Waals surface area contributed by atoms with Gasteiger partial charge in [-0.25, -0.2) is 0 Å². The number of halogens is 1. The Bertz CT molecular complexity index is 321. The standard InChI is InChI=1S/C11H13BrO2/c1-13-7-14-11-6-9(8-2-3-8)4-5-10(11)12/h4-6,8H,2-3,7H2,1H3. The zero-order chi connectivity index (χ0) is 9.97. The van der Waals surface area contributed by atoms with E-state index in [1.807, 2.05) is 6.07 Å². The second-order valence-electron chi connectivity index (χ2n) is 3.51. The zero-order valence-corrected chi connectivity index (χ0v) is 9.71. The molecule has 0 bridgehead atoms. The first-order chi connectivity index (χ1) is 6.81. The van der Waals surface area contributed by atoms with Gasteiger partial charge in [0.1, 0.15) is 5.75 Å². The van der Waals surface area contributed by atoms with E-state index in [-0.39, 0.29) is 0 Å². The molecule has 2 rings (SSSR count). The monoisotopic (exact) mass is 256 g/mol. The molecule has 1 aromatic rings. The van der Waals surface area contributed by atoms with E-state index in [2.05, 4.69) is 28.1 Å². The van der Waals surface area contributed by atoms with Crippen LogP contribution in [-0.4, -0.2) is 13.9 Å². The van der Waals surface area contributed by atoms with Crippen LogP contribution in [0, 0.1) is 0 Å². The highest BCUT2D eigenvalue weighted by Gasteiger charge is 2.24. The van der Waals surface area contributed by atoms with Crippen LogP contribution in [-0.2, 0) is 4.74 Å². The van der Waals surface area contributed by atoms with Crippen LogP contribution in [0.2, 0.25) is 0 Å². The van der Waals surface area contributed by atoms with E-state index in [0.717, 1.165) is 16.1 Å². The maximum absolute atomic E-state index is 5.44. The van der Waals surface area contributed by atoms with Crippen molar-refractivity contribution in [2.24, 2.45) is 0 Å². The average Bonchev–Trinajstić information content (AvgIpc) is 3.00. The Morgan fingerprint density at radius 3 is 2.86 bits per heavy atom. The van der Waals surface area contributed by atoms with E-state index in [1.54, 1.807) is 7.11 Å². The van der Waals surface area contributed by atoms with Crippen molar-refractivity contribution >= 4 is 15.9 Å². The van der Waals surface area contributed by atoms with Crippen LogP contribution in [0.3, 0.4) is 0 Å². The fourth-order valence-electron chi connectivity index (χ4n) is 1.42. The number of methoxy groups -OCH3 is 1. The van der Waals surface area contributed by atoms with Crippen LogP contribution in [0.5, 0.6) is 5.75 Å². The van der Waals surface area contributed by atoms with E-state index < -0.39 is 0 Å². The molecule has 0 amide bonds. The van der Waals surface area contributed by atoms with Gasteiger partial charge in [-0.2, -0.15) is 0 Å². The molecule has 0 N–H and O–H groups in total. The summed E-state index contributed by atoms with van der Waals surface area (Å²) in [6.45, 7) is 0.298. The predicted octanol–water partition coefficient (Wildman–Crippen LogP) is 3.31. The van der Waals surface area contributed by atoms with Crippen molar-refractivity contribution in [3.05, 3.63) is 28.2 Å². The summed E-state index contributed by atoms with van der Waals surface area (Å²) in [6, 6.07) is 6.29. The fourth-order valence-corrected chi connectivity index (χ4v) is 1.78. The number of rotatable bonds is 4. The molecule has 2 nitrogen and oxygen atoms in total. The van der Waals surface area contributed by atoms with Crippen molar-refractivity contribution in [3.8, 4) is 5.75 Å². The first-order valence-electron chi connectivity index (χ1n) is 4.72. The number of hydrogen-bond acceptors (Lipinski definition) is 2. The smallest absolute Gasteiger partial charge is 0.188 e. The third-order valence-corrected chi connectivity index (χ3v) is 2.99. The average molecular weight is 257 g/mol. The molecule has 3 heteroatoms. The summed E-state index contributed by atoms with van der Waals surface area (Å²) in [7, 11) is 1.62. The summed E-state index contributed by atoms with van der Waals surface area (Å²) in [5, 5.41) is 0. The predicted molar refractivity (Wildman–Crippen MR) is 58.6 cm³/mol. The minimum Gasteiger partial charge on any atom is -0.466 e. The Morgan fingerprint density at radius 1 is 1.43 bits per heavy atom. The molecule has 14 heavy (non-hydrogen) atoms. The van der Waals surface area contributed by atoms with E-state index >= 15 is 0 Å². The Kier molecular flexibility index (Phi) is 3.08. The largest absolute Gasteiger partial charge is 0.466 e. The molecule has 0 saturated heterocycles. The van der Waals surface area contributed by atoms with Gasteiger partial charge in [0.2, 0.25) is 0 Å². The van der Waals surface area contributed by atoms with E-state index in [0.29, 0.717) is 6.79 Å². The zero-order valence-electron chi connectivity index (χ0n) is 8.13. The van der Waals surface area contributed by atoms with Crippen molar-refractivity contribution < 1.29 is 9.47 Å². The minimum absolute atomic E-state index is 0.298. The van der Waals surface area contributed by atoms with Gasteiger partial charge in [-0.1, -0.05) is 6.07 Å². The maximum atomic E-state index is 5.44. The molecule has 1 saturated carbocycles. The summed E-state index contributed by atoms with van der Waals surface area (Å²) in [5.74, 6) is 1.63. The highest BCUT2D eigenvalue weighted by molar-refractivity contribution is 9.10. The molecule has 1 aliphatic rings. The Hall–Kier alpha value is -0.540. The molecule has 0 spiro atoms. The molecule has 1 aliphatic carbocycles. The lowest BCUT2D eigenvalue weighted by atomic mass is 10.1. The van der Waals surface area contributed by atoms with Crippen molar-refractivity contribution in [1.82, 2.24) is 0 Å². The normalized spacial score (nSPS) is 15.6. The summed E-state index contributed by atoms with van der Waals surface area (Å²) in [4.78, 5) is 0. The topological polar surface area (TPSA) is 18.5 Å². The highest BCUT2D eigenvalue weighted by atomic mass is 79.9. The third-order valence-electron chi connectivity index (χ3n) is 2.34. The van der Waals surface area contributed by atoms with Crippen LogP contribution in [0.1, 0.15) is 24.3 Å². The maximum Gasteiger partial charge on any atom is 0.188 e. The fraction of sp³-hybridized carbons (Fsp3) is 0.455. The summed E-state index contributed by atoms with van der Waals surface area (Å²) < 4.78 is 11.3. The van der Waals surface area contributed by atoms with E-state index in [4.69, 9.17) is 9.47 Å². The number of ether oxygens (including phenoxy) is 2. The Balaban J connectivity index is 2.14. The summed E-state index contributed by atoms with van der Waals surface area (Å²) in [5.41, 5.74) is 1.37. The molecule has 1 aromatic carbocycles. The van der Waals surface area contributed by atoms with Crippen molar-refractivity contribution in [2.75, 3.05) is 13.9 Å².